The third kappa shape index (κ3) is 13.3. The van der Waals surface area contributed by atoms with E-state index in [9.17, 15) is 19.5 Å². The number of anilines is 1. The molecule has 5 rings (SSSR count). The van der Waals surface area contributed by atoms with Gasteiger partial charge in [0.1, 0.15) is 18.6 Å². The van der Waals surface area contributed by atoms with Crippen LogP contribution in [-0.4, -0.2) is 123 Å². The number of fused-ring (bicyclic) bond motifs is 2. The van der Waals surface area contributed by atoms with Crippen molar-refractivity contribution in [3.63, 3.8) is 0 Å². The van der Waals surface area contributed by atoms with Gasteiger partial charge >= 0.3 is 17.9 Å². The van der Waals surface area contributed by atoms with Gasteiger partial charge in [0.2, 0.25) is 0 Å². The fraction of sp³-hybridized carbons (Fsp3) is 0.488. The lowest BCUT2D eigenvalue weighted by molar-refractivity contribution is -0.156. The summed E-state index contributed by atoms with van der Waals surface area (Å²) in [7, 11) is 9.05. The largest absolute Gasteiger partial charge is 0.504 e. The Balaban J connectivity index is 0.000000225. The first-order valence-electron chi connectivity index (χ1n) is 18.5. The van der Waals surface area contributed by atoms with E-state index < -0.39 is 18.1 Å². The maximum Gasteiger partial charge on any atom is 0.338 e. The van der Waals surface area contributed by atoms with E-state index in [-0.39, 0.29) is 35.4 Å². The minimum Gasteiger partial charge on any atom is -0.504 e. The summed E-state index contributed by atoms with van der Waals surface area (Å²) >= 11 is 0. The lowest BCUT2D eigenvalue weighted by atomic mass is 9.87. The SMILES string of the molecule is CCCCNc1ccc(C(=O)OCCN(C)C)cc1.CNCC(O)c1ccc(O)c(O)c1.COC(=O)C1C(OC(=O)c2ccccc2)CC2CCC1N2C. The number of ether oxygens (including phenoxy) is 3. The summed E-state index contributed by atoms with van der Waals surface area (Å²) in [6.45, 7) is 4.69. The van der Waals surface area contributed by atoms with E-state index in [4.69, 9.17) is 24.4 Å². The van der Waals surface area contributed by atoms with Gasteiger partial charge < -0.3 is 45.1 Å². The van der Waals surface area contributed by atoms with Crippen LogP contribution in [0.25, 0.3) is 0 Å². The van der Waals surface area contributed by atoms with Gasteiger partial charge in [-0.25, -0.2) is 9.59 Å². The molecule has 2 saturated heterocycles. The summed E-state index contributed by atoms with van der Waals surface area (Å²) in [5.74, 6) is -1.72. The molecule has 2 aliphatic heterocycles. The molecule has 2 fully saturated rings. The minimum atomic E-state index is -0.670. The maximum absolute atomic E-state index is 12.3. The molecule has 0 spiro atoms. The minimum absolute atomic E-state index is 0.0970. The van der Waals surface area contributed by atoms with Crippen molar-refractivity contribution in [1.29, 1.82) is 0 Å². The summed E-state index contributed by atoms with van der Waals surface area (Å²) in [6, 6.07) is 21.0. The van der Waals surface area contributed by atoms with Crippen molar-refractivity contribution in [2.24, 2.45) is 5.92 Å². The zero-order valence-corrected chi connectivity index (χ0v) is 32.4. The van der Waals surface area contributed by atoms with Gasteiger partial charge in [0.25, 0.3) is 0 Å². The van der Waals surface area contributed by atoms with Crippen molar-refractivity contribution in [2.45, 2.75) is 63.3 Å². The fourth-order valence-electron chi connectivity index (χ4n) is 6.36. The number of piperidine rings is 1. The number of carbonyl (C=O) groups excluding carboxylic acids is 3. The number of unbranched alkanes of at least 4 members (excludes halogenated alkanes) is 1. The molecule has 3 aromatic carbocycles. The highest BCUT2D eigenvalue weighted by Crippen LogP contribution is 2.40. The van der Waals surface area contributed by atoms with Crippen LogP contribution in [0.1, 0.15) is 71.4 Å². The lowest BCUT2D eigenvalue weighted by Crippen LogP contribution is -2.53. The quantitative estimate of drug-likeness (QED) is 0.0658. The van der Waals surface area contributed by atoms with Gasteiger partial charge in [-0.3, -0.25) is 9.69 Å². The van der Waals surface area contributed by atoms with E-state index >= 15 is 0 Å². The van der Waals surface area contributed by atoms with Crippen molar-refractivity contribution in [2.75, 3.05) is 66.9 Å². The van der Waals surface area contributed by atoms with E-state index in [2.05, 4.69) is 22.5 Å². The van der Waals surface area contributed by atoms with Crippen molar-refractivity contribution in [3.05, 3.63) is 89.5 Å². The van der Waals surface area contributed by atoms with Gasteiger partial charge in [-0.05, 0) is 102 Å². The molecule has 2 bridgehead atoms. The summed E-state index contributed by atoms with van der Waals surface area (Å²) < 4.78 is 15.8. The number of likely N-dealkylation sites (N-methyl/N-ethyl adjacent to an activating group) is 2. The Morgan fingerprint density at radius 2 is 1.63 bits per heavy atom. The molecule has 5 N–H and O–H groups in total. The highest BCUT2D eigenvalue weighted by Gasteiger charge is 2.51. The number of benzene rings is 3. The fourth-order valence-corrected chi connectivity index (χ4v) is 6.36. The number of carbonyl (C=O) groups is 3. The van der Waals surface area contributed by atoms with Crippen molar-refractivity contribution >= 4 is 23.6 Å². The Kier molecular flexibility index (Phi) is 18.2. The monoisotopic (exact) mass is 750 g/mol. The molecule has 5 atom stereocenters. The topological polar surface area (TPSA) is 170 Å². The molecule has 5 unspecified atom stereocenters. The predicted molar refractivity (Wildman–Crippen MR) is 208 cm³/mol. The molecule has 2 aliphatic rings. The smallest absolute Gasteiger partial charge is 0.338 e. The van der Waals surface area contributed by atoms with Crippen LogP contribution in [-0.2, 0) is 19.0 Å². The van der Waals surface area contributed by atoms with Crippen LogP contribution in [0.3, 0.4) is 0 Å². The lowest BCUT2D eigenvalue weighted by Gasteiger charge is -2.40. The maximum atomic E-state index is 12.3. The van der Waals surface area contributed by atoms with E-state index in [0.29, 0.717) is 42.3 Å². The summed E-state index contributed by atoms with van der Waals surface area (Å²) in [6.07, 6.45) is 3.91. The highest BCUT2D eigenvalue weighted by atomic mass is 16.6. The number of hydrogen-bond acceptors (Lipinski definition) is 13. The first-order valence-corrected chi connectivity index (χ1v) is 18.5. The van der Waals surface area contributed by atoms with Crippen molar-refractivity contribution in [1.82, 2.24) is 15.1 Å². The summed E-state index contributed by atoms with van der Waals surface area (Å²) in [4.78, 5) is 40.4. The van der Waals surface area contributed by atoms with Crippen LogP contribution in [0.4, 0.5) is 5.69 Å². The van der Waals surface area contributed by atoms with Crippen LogP contribution < -0.4 is 10.6 Å². The van der Waals surface area contributed by atoms with Gasteiger partial charge in [0.05, 0.1) is 24.3 Å². The van der Waals surface area contributed by atoms with E-state index in [1.807, 2.05) is 44.2 Å². The number of hydrogen-bond donors (Lipinski definition) is 5. The zero-order valence-electron chi connectivity index (χ0n) is 32.4. The third-order valence-electron chi connectivity index (χ3n) is 9.49. The molecule has 13 nitrogen and oxygen atoms in total. The second kappa shape index (κ2) is 22.5. The number of phenols is 2. The molecule has 0 saturated carbocycles. The summed E-state index contributed by atoms with van der Waals surface area (Å²) in [5, 5.41) is 33.7. The normalized spacial score (nSPS) is 19.3. The van der Waals surface area contributed by atoms with Gasteiger partial charge in [0.15, 0.2) is 11.5 Å². The highest BCUT2D eigenvalue weighted by molar-refractivity contribution is 5.90. The molecule has 296 valence electrons. The van der Waals surface area contributed by atoms with Crippen LogP contribution in [0.2, 0.25) is 0 Å². The first kappa shape index (κ1) is 43.7. The van der Waals surface area contributed by atoms with E-state index in [1.54, 1.807) is 49.5 Å². The van der Waals surface area contributed by atoms with E-state index in [1.165, 1.54) is 25.7 Å². The number of nitrogens with one attached hydrogen (secondary N) is 2. The van der Waals surface area contributed by atoms with Crippen LogP contribution in [0.5, 0.6) is 11.5 Å². The van der Waals surface area contributed by atoms with Crippen LogP contribution in [0, 0.1) is 5.92 Å². The number of phenolic OH excluding ortho intramolecular Hbond substituents is 2. The Labute approximate surface area is 319 Å². The van der Waals surface area contributed by atoms with Gasteiger partial charge in [-0.15, -0.1) is 0 Å². The molecule has 2 heterocycles. The number of rotatable bonds is 14. The molecule has 0 amide bonds. The van der Waals surface area contributed by atoms with Gasteiger partial charge in [-0.2, -0.15) is 0 Å². The number of aliphatic hydroxyl groups is 1. The Bertz CT molecular complexity index is 1590. The van der Waals surface area contributed by atoms with Gasteiger partial charge in [-0.1, -0.05) is 37.6 Å². The molecule has 54 heavy (non-hydrogen) atoms. The average molecular weight is 751 g/mol. The zero-order chi connectivity index (χ0) is 39.6. The molecule has 13 heteroatoms. The number of esters is 3. The van der Waals surface area contributed by atoms with Gasteiger partial charge in [0, 0.05) is 43.8 Å². The number of aromatic hydroxyl groups is 2. The Hall–Kier alpha value is -4.69. The van der Waals surface area contributed by atoms with E-state index in [0.717, 1.165) is 38.0 Å². The molecule has 0 radical (unpaired) electrons. The average Bonchev–Trinajstić information content (AvgIpc) is 3.40. The second-order valence-electron chi connectivity index (χ2n) is 13.7. The number of aliphatic hydroxyl groups excluding tert-OH is 1. The van der Waals surface area contributed by atoms with Crippen LogP contribution >= 0.6 is 0 Å². The molecule has 3 aromatic rings. The summed E-state index contributed by atoms with van der Waals surface area (Å²) in [5.41, 5.74) is 2.72. The standard InChI is InChI=1S/C17H21NO4.C15H24N2O2.C9H13NO3/c1-18-12-8-9-13(18)15(17(20)21-2)14(10-12)22-16(19)11-6-4-3-5-7-11;1-4-5-10-16-14-8-6-13(7-9-14)15(18)19-12-11-17(2)3;1-10-5-9(13)6-2-3-7(11)8(12)4-6/h3-7,12-15H,8-10H2,1-2H3;6-9,16H,4-5,10-12H2,1-3H3;2-4,9-13H,5H2,1H3. The second-order valence-corrected chi connectivity index (χ2v) is 13.7. The molecule has 0 aliphatic carbocycles. The first-order chi connectivity index (χ1) is 25.9. The van der Waals surface area contributed by atoms with Crippen LogP contribution in [0.15, 0.2) is 72.8 Å². The Morgan fingerprint density at radius 1 is 0.944 bits per heavy atom. The Morgan fingerprint density at radius 3 is 2.24 bits per heavy atom. The third-order valence-corrected chi connectivity index (χ3v) is 9.49. The van der Waals surface area contributed by atoms with Crippen molar-refractivity contribution < 1.29 is 43.9 Å². The predicted octanol–water partition coefficient (Wildman–Crippen LogP) is 4.84. The molecular formula is C41H58N4O9. The number of methoxy groups -OCH3 is 1. The molecule has 0 aromatic heterocycles. The molecular weight excluding hydrogens is 692 g/mol. The van der Waals surface area contributed by atoms with Crippen molar-refractivity contribution in [3.8, 4) is 11.5 Å². The number of nitrogens with zero attached hydrogens (tertiary/aromatic N) is 2.